The van der Waals surface area contributed by atoms with Gasteiger partial charge >= 0.3 is 0 Å². The smallest absolute Gasteiger partial charge is 0.224 e. The maximum atomic E-state index is 13.0. The summed E-state index contributed by atoms with van der Waals surface area (Å²) in [5.74, 6) is -0.534. The van der Waals surface area contributed by atoms with E-state index in [1.165, 1.54) is 24.3 Å². The van der Waals surface area contributed by atoms with E-state index in [2.05, 4.69) is 15.6 Å². The molecule has 3 rings (SSSR count). The zero-order valence-electron chi connectivity index (χ0n) is 20.0. The topological polar surface area (TPSA) is 115 Å². The lowest BCUT2D eigenvalue weighted by Gasteiger charge is -2.28. The van der Waals surface area contributed by atoms with E-state index >= 15 is 0 Å². The molecule has 3 aromatic rings. The second kappa shape index (κ2) is 11.9. The molecule has 186 valence electrons. The molecule has 2 aromatic carbocycles. The van der Waals surface area contributed by atoms with Gasteiger partial charge in [0.05, 0.1) is 18.7 Å². The van der Waals surface area contributed by atoms with Crippen LogP contribution in [0.5, 0.6) is 5.75 Å². The molecule has 0 saturated carbocycles. The van der Waals surface area contributed by atoms with Gasteiger partial charge in [0.15, 0.2) is 0 Å². The Balaban J connectivity index is 1.52. The highest BCUT2D eigenvalue weighted by Crippen LogP contribution is 2.20. The Morgan fingerprint density at radius 1 is 1.06 bits per heavy atom. The summed E-state index contributed by atoms with van der Waals surface area (Å²) in [7, 11) is 0. The van der Waals surface area contributed by atoms with Gasteiger partial charge < -0.3 is 26.0 Å². The van der Waals surface area contributed by atoms with Gasteiger partial charge in [0.25, 0.3) is 0 Å². The number of benzene rings is 2. The van der Waals surface area contributed by atoms with Gasteiger partial charge in [-0.3, -0.25) is 4.79 Å². The number of nitrogens with zero attached hydrogens (tertiary/aromatic N) is 1. The fraction of sp³-hybridized carbons (Fsp3) is 0.333. The predicted molar refractivity (Wildman–Crippen MR) is 131 cm³/mol. The van der Waals surface area contributed by atoms with E-state index in [-0.39, 0.29) is 41.7 Å². The lowest BCUT2D eigenvalue weighted by Crippen LogP contribution is -2.43. The zero-order chi connectivity index (χ0) is 25.4. The summed E-state index contributed by atoms with van der Waals surface area (Å²) in [5.41, 5.74) is 2.90. The molecule has 1 atom stereocenters. The van der Waals surface area contributed by atoms with Crippen LogP contribution < -0.4 is 10.6 Å². The molecule has 0 aliphatic rings. The summed E-state index contributed by atoms with van der Waals surface area (Å²) in [5, 5.41) is 35.6. The first-order valence-corrected chi connectivity index (χ1v) is 11.5. The van der Waals surface area contributed by atoms with Crippen LogP contribution in [-0.4, -0.2) is 38.3 Å². The van der Waals surface area contributed by atoms with Crippen LogP contribution in [0, 0.1) is 5.82 Å². The number of aliphatic hydroxyl groups is 2. The minimum absolute atomic E-state index is 0.110. The highest BCUT2D eigenvalue weighted by molar-refractivity contribution is 5.78. The summed E-state index contributed by atoms with van der Waals surface area (Å²) < 4.78 is 13.0. The Labute approximate surface area is 204 Å². The van der Waals surface area contributed by atoms with E-state index < -0.39 is 12.7 Å². The van der Waals surface area contributed by atoms with E-state index in [0.29, 0.717) is 18.7 Å². The number of rotatable bonds is 11. The average molecular weight is 482 g/mol. The van der Waals surface area contributed by atoms with Crippen molar-refractivity contribution < 1.29 is 24.5 Å². The Morgan fingerprint density at radius 2 is 1.77 bits per heavy atom. The third-order valence-electron chi connectivity index (χ3n) is 5.64. The number of pyridine rings is 1. The van der Waals surface area contributed by atoms with Crippen LogP contribution in [0.1, 0.15) is 48.0 Å². The molecule has 0 aliphatic carbocycles. The van der Waals surface area contributed by atoms with Gasteiger partial charge in [0.1, 0.15) is 23.4 Å². The highest BCUT2D eigenvalue weighted by Gasteiger charge is 2.21. The van der Waals surface area contributed by atoms with E-state index in [0.717, 1.165) is 16.7 Å². The fourth-order valence-corrected chi connectivity index (χ4v) is 3.76. The number of aromatic nitrogens is 1. The van der Waals surface area contributed by atoms with Crippen molar-refractivity contribution in [1.29, 1.82) is 0 Å². The minimum atomic E-state index is -0.906. The van der Waals surface area contributed by atoms with Crippen molar-refractivity contribution in [3.63, 3.8) is 0 Å². The van der Waals surface area contributed by atoms with Crippen LogP contribution >= 0.6 is 0 Å². The number of carbonyl (C=O) groups is 1. The van der Waals surface area contributed by atoms with Crippen LogP contribution in [0.15, 0.2) is 60.7 Å². The number of halogens is 1. The SMILES string of the molecule is CC(C)(Cc1cccc(CC(=O)NCc2ccc(F)cc2)c1)NCC(O)c1ccc(O)c(CO)n1. The van der Waals surface area contributed by atoms with Crippen molar-refractivity contribution in [2.75, 3.05) is 6.54 Å². The van der Waals surface area contributed by atoms with Crippen LogP contribution in [0.4, 0.5) is 4.39 Å². The first-order chi connectivity index (χ1) is 16.6. The molecule has 0 radical (unpaired) electrons. The number of amides is 1. The largest absolute Gasteiger partial charge is 0.506 e. The molecule has 1 amide bonds. The molecule has 0 spiro atoms. The summed E-state index contributed by atoms with van der Waals surface area (Å²) in [4.78, 5) is 16.5. The second-order valence-corrected chi connectivity index (χ2v) is 9.22. The third kappa shape index (κ3) is 8.13. The van der Waals surface area contributed by atoms with E-state index in [1.807, 2.05) is 38.1 Å². The third-order valence-corrected chi connectivity index (χ3v) is 5.64. The van der Waals surface area contributed by atoms with Crippen molar-refractivity contribution >= 4 is 5.91 Å². The van der Waals surface area contributed by atoms with Gasteiger partial charge in [-0.15, -0.1) is 0 Å². The molecule has 1 aromatic heterocycles. The first-order valence-electron chi connectivity index (χ1n) is 11.5. The quantitative estimate of drug-likeness (QED) is 0.288. The van der Waals surface area contributed by atoms with Gasteiger partial charge in [-0.1, -0.05) is 36.4 Å². The number of hydrogen-bond acceptors (Lipinski definition) is 6. The minimum Gasteiger partial charge on any atom is -0.506 e. The molecule has 1 unspecified atom stereocenters. The van der Waals surface area contributed by atoms with Gasteiger partial charge in [-0.25, -0.2) is 9.37 Å². The summed E-state index contributed by atoms with van der Waals surface area (Å²) in [6.45, 7) is 4.21. The lowest BCUT2D eigenvalue weighted by molar-refractivity contribution is -0.120. The number of aliphatic hydroxyl groups excluding tert-OH is 2. The molecular formula is C27H32FN3O4. The first kappa shape index (κ1) is 26.3. The molecule has 0 aliphatic heterocycles. The Bertz CT molecular complexity index is 1140. The summed E-state index contributed by atoms with van der Waals surface area (Å²) >= 11 is 0. The van der Waals surface area contributed by atoms with Crippen molar-refractivity contribution in [2.45, 2.75) is 51.5 Å². The Hall–Kier alpha value is -3.33. The number of carbonyl (C=O) groups excluding carboxylic acids is 1. The van der Waals surface area contributed by atoms with Gasteiger partial charge in [0, 0.05) is 18.6 Å². The molecule has 7 nitrogen and oxygen atoms in total. The van der Waals surface area contributed by atoms with E-state index in [1.54, 1.807) is 12.1 Å². The average Bonchev–Trinajstić information content (AvgIpc) is 2.82. The van der Waals surface area contributed by atoms with E-state index in [9.17, 15) is 24.5 Å². The fourth-order valence-electron chi connectivity index (χ4n) is 3.76. The molecule has 0 saturated heterocycles. The van der Waals surface area contributed by atoms with Crippen molar-refractivity contribution in [3.8, 4) is 5.75 Å². The van der Waals surface area contributed by atoms with E-state index in [4.69, 9.17) is 0 Å². The normalized spacial score (nSPS) is 12.4. The molecular weight excluding hydrogens is 449 g/mol. The standard InChI is InChI=1S/C27H32FN3O4/c1-27(2,30-16-25(34)22-10-11-24(33)23(17-32)31-22)14-20-5-3-4-19(12-20)13-26(35)29-15-18-6-8-21(28)9-7-18/h3-12,25,30,32-34H,13-17H2,1-2H3,(H,29,35). The summed E-state index contributed by atoms with van der Waals surface area (Å²) in [6.07, 6.45) is -0.00642. The van der Waals surface area contributed by atoms with Crippen LogP contribution in [-0.2, 0) is 30.8 Å². The lowest BCUT2D eigenvalue weighted by atomic mass is 9.93. The predicted octanol–water partition coefficient (Wildman–Crippen LogP) is 2.92. The monoisotopic (exact) mass is 481 g/mol. The van der Waals surface area contributed by atoms with Crippen molar-refractivity contribution in [3.05, 3.63) is 94.6 Å². The van der Waals surface area contributed by atoms with Crippen LogP contribution in [0.3, 0.4) is 0 Å². The maximum Gasteiger partial charge on any atom is 0.224 e. The van der Waals surface area contributed by atoms with Gasteiger partial charge in [0.2, 0.25) is 5.91 Å². The van der Waals surface area contributed by atoms with Gasteiger partial charge in [-0.2, -0.15) is 0 Å². The number of β-amino-alcohol motifs (C(OH)–C–C–N with tert-alkyl or cyclic N) is 1. The van der Waals surface area contributed by atoms with Crippen molar-refractivity contribution in [1.82, 2.24) is 15.6 Å². The molecule has 35 heavy (non-hydrogen) atoms. The van der Waals surface area contributed by atoms with Crippen LogP contribution in [0.25, 0.3) is 0 Å². The highest BCUT2D eigenvalue weighted by atomic mass is 19.1. The second-order valence-electron chi connectivity index (χ2n) is 9.22. The number of hydrogen-bond donors (Lipinski definition) is 5. The molecule has 5 N–H and O–H groups in total. The Kier molecular flexibility index (Phi) is 8.92. The zero-order valence-corrected chi connectivity index (χ0v) is 20.0. The molecule has 0 bridgehead atoms. The summed E-state index contributed by atoms with van der Waals surface area (Å²) in [6, 6.07) is 16.8. The number of aromatic hydroxyl groups is 1. The van der Waals surface area contributed by atoms with Crippen molar-refractivity contribution in [2.24, 2.45) is 0 Å². The maximum absolute atomic E-state index is 13.0. The molecule has 0 fully saturated rings. The molecule has 1 heterocycles. The van der Waals surface area contributed by atoms with Crippen LogP contribution in [0.2, 0.25) is 0 Å². The Morgan fingerprint density at radius 3 is 2.49 bits per heavy atom. The molecule has 8 heteroatoms. The van der Waals surface area contributed by atoms with Gasteiger partial charge in [-0.05, 0) is 61.2 Å². The number of nitrogens with one attached hydrogen (secondary N) is 2.